The lowest BCUT2D eigenvalue weighted by molar-refractivity contribution is -0.127. The Hall–Kier alpha value is -2.86. The molecule has 4 rings (SSSR count). The number of rotatable bonds is 7. The molecule has 1 aromatic carbocycles. The second kappa shape index (κ2) is 8.66. The van der Waals surface area contributed by atoms with E-state index < -0.39 is 0 Å². The molecule has 0 aliphatic carbocycles. The lowest BCUT2D eigenvalue weighted by Gasteiger charge is -2.16. The van der Waals surface area contributed by atoms with Crippen LogP contribution < -0.4 is 5.32 Å². The van der Waals surface area contributed by atoms with E-state index in [1.165, 1.54) is 0 Å². The largest absolute Gasteiger partial charge is 0.507 e. The molecule has 0 radical (unpaired) electrons. The highest BCUT2D eigenvalue weighted by atomic mass is 32.1. The summed E-state index contributed by atoms with van der Waals surface area (Å²) < 4.78 is 0. The van der Waals surface area contributed by atoms with Gasteiger partial charge in [0.1, 0.15) is 11.6 Å². The highest BCUT2D eigenvalue weighted by molar-refractivity contribution is 7.13. The van der Waals surface area contributed by atoms with Crippen LogP contribution >= 0.6 is 11.3 Å². The molecule has 3 heterocycles. The van der Waals surface area contributed by atoms with Crippen LogP contribution in [0.25, 0.3) is 21.7 Å². The number of phenolic OH excluding ortho intramolecular Hbond substituents is 1. The Balaban J connectivity index is 1.55. The minimum atomic E-state index is 0.227. The maximum Gasteiger partial charge on any atom is 0.222 e. The molecule has 1 amide bonds. The molecule has 1 saturated heterocycles. The number of aromatic hydroxyl groups is 1. The monoisotopic (exact) mass is 407 g/mol. The van der Waals surface area contributed by atoms with Gasteiger partial charge in [0.15, 0.2) is 0 Å². The molecule has 3 aromatic rings. The first-order chi connectivity index (χ1) is 14.1. The molecular weight excluding hydrogens is 382 g/mol. The minimum Gasteiger partial charge on any atom is -0.507 e. The molecule has 0 spiro atoms. The van der Waals surface area contributed by atoms with Crippen molar-refractivity contribution in [3.05, 3.63) is 53.4 Å². The quantitative estimate of drug-likeness (QED) is 0.546. The zero-order valence-corrected chi connectivity index (χ0v) is 17.3. The van der Waals surface area contributed by atoms with Gasteiger partial charge < -0.3 is 15.3 Å². The van der Waals surface area contributed by atoms with E-state index in [4.69, 9.17) is 4.98 Å². The molecule has 0 bridgehead atoms. The van der Waals surface area contributed by atoms with Gasteiger partial charge in [-0.3, -0.25) is 4.79 Å². The Morgan fingerprint density at radius 3 is 2.90 bits per heavy atom. The van der Waals surface area contributed by atoms with E-state index in [1.54, 1.807) is 17.4 Å². The molecule has 29 heavy (non-hydrogen) atoms. The summed E-state index contributed by atoms with van der Waals surface area (Å²) in [7, 11) is 0. The number of amides is 1. The van der Waals surface area contributed by atoms with Crippen LogP contribution in [-0.2, 0) is 4.79 Å². The van der Waals surface area contributed by atoms with Gasteiger partial charge in [-0.1, -0.05) is 17.7 Å². The van der Waals surface area contributed by atoms with Crippen LogP contribution in [-0.4, -0.2) is 40.5 Å². The summed E-state index contributed by atoms with van der Waals surface area (Å²) in [6, 6.07) is 13.7. The number of nitrogens with one attached hydrogen (secondary N) is 1. The van der Waals surface area contributed by atoms with Gasteiger partial charge in [0.25, 0.3) is 0 Å². The van der Waals surface area contributed by atoms with Gasteiger partial charge in [0, 0.05) is 36.5 Å². The van der Waals surface area contributed by atoms with Crippen LogP contribution in [0.2, 0.25) is 0 Å². The molecular formula is C23H25N3O2S. The first kappa shape index (κ1) is 19.5. The molecule has 0 saturated carbocycles. The number of benzene rings is 1. The van der Waals surface area contributed by atoms with Gasteiger partial charge in [-0.25, -0.2) is 4.98 Å². The van der Waals surface area contributed by atoms with E-state index in [0.717, 1.165) is 65.6 Å². The second-order valence-corrected chi connectivity index (χ2v) is 8.34. The Labute approximate surface area is 175 Å². The molecule has 5 nitrogen and oxygen atoms in total. The number of thiophene rings is 1. The van der Waals surface area contributed by atoms with E-state index in [9.17, 15) is 9.90 Å². The second-order valence-electron chi connectivity index (χ2n) is 7.39. The normalized spacial score (nSPS) is 13.8. The maximum absolute atomic E-state index is 11.7. The van der Waals surface area contributed by atoms with E-state index in [-0.39, 0.29) is 11.7 Å². The third kappa shape index (κ3) is 4.59. The minimum absolute atomic E-state index is 0.227. The first-order valence-electron chi connectivity index (χ1n) is 9.98. The number of aryl methyl sites for hydroxylation is 1. The summed E-state index contributed by atoms with van der Waals surface area (Å²) >= 11 is 1.68. The summed E-state index contributed by atoms with van der Waals surface area (Å²) in [5.74, 6) is 1.27. The fourth-order valence-electron chi connectivity index (χ4n) is 3.63. The Morgan fingerprint density at radius 1 is 1.24 bits per heavy atom. The van der Waals surface area contributed by atoms with Crippen molar-refractivity contribution < 1.29 is 9.90 Å². The van der Waals surface area contributed by atoms with Gasteiger partial charge in [-0.15, -0.1) is 11.3 Å². The molecule has 2 aromatic heterocycles. The number of carbonyl (C=O) groups excluding carboxylic acids is 1. The van der Waals surface area contributed by atoms with Crippen LogP contribution in [0.5, 0.6) is 5.75 Å². The zero-order chi connectivity index (χ0) is 20.2. The summed E-state index contributed by atoms with van der Waals surface area (Å²) in [4.78, 5) is 19.6. The van der Waals surface area contributed by atoms with Crippen molar-refractivity contribution in [3.63, 3.8) is 0 Å². The van der Waals surface area contributed by atoms with Crippen LogP contribution in [0.15, 0.2) is 47.8 Å². The summed E-state index contributed by atoms with van der Waals surface area (Å²) in [5.41, 5.74) is 3.62. The number of pyridine rings is 1. The Kier molecular flexibility index (Phi) is 5.81. The van der Waals surface area contributed by atoms with Crippen molar-refractivity contribution in [1.82, 2.24) is 9.88 Å². The lowest BCUT2D eigenvalue weighted by Crippen LogP contribution is -2.27. The molecule has 2 N–H and O–H groups in total. The van der Waals surface area contributed by atoms with Gasteiger partial charge in [0.05, 0.1) is 5.69 Å². The average Bonchev–Trinajstić information content (AvgIpc) is 3.39. The summed E-state index contributed by atoms with van der Waals surface area (Å²) in [6.07, 6.45) is 2.53. The summed E-state index contributed by atoms with van der Waals surface area (Å²) in [5, 5.41) is 15.8. The predicted molar refractivity (Wildman–Crippen MR) is 118 cm³/mol. The standard InChI is InChI=1S/C23H25N3O2S/c1-16-7-8-20(27)18(13-16)19-14-17(21-5-3-12-29-21)15-22(25-19)24-9-4-11-26-10-2-6-23(26)28/h3,5,7-8,12-15,27H,2,4,6,9-11H2,1H3,(H,24,25). The van der Waals surface area contributed by atoms with E-state index in [1.807, 2.05) is 42.2 Å². The maximum atomic E-state index is 11.7. The first-order valence-corrected chi connectivity index (χ1v) is 10.9. The number of phenols is 1. The number of anilines is 1. The smallest absolute Gasteiger partial charge is 0.222 e. The molecule has 1 fully saturated rings. The van der Waals surface area contributed by atoms with Crippen LogP contribution in [0.4, 0.5) is 5.82 Å². The molecule has 0 unspecified atom stereocenters. The number of nitrogens with zero attached hydrogens (tertiary/aromatic N) is 2. The molecule has 0 atom stereocenters. The van der Waals surface area contributed by atoms with Crippen molar-refractivity contribution >= 4 is 23.1 Å². The van der Waals surface area contributed by atoms with Gasteiger partial charge in [-0.05, 0) is 61.0 Å². The van der Waals surface area contributed by atoms with Crippen LogP contribution in [0.3, 0.4) is 0 Å². The number of aromatic nitrogens is 1. The molecule has 1 aliphatic heterocycles. The van der Waals surface area contributed by atoms with Crippen LogP contribution in [0, 0.1) is 6.92 Å². The average molecular weight is 408 g/mol. The summed E-state index contributed by atoms with van der Waals surface area (Å²) in [6.45, 7) is 4.40. The fourth-order valence-corrected chi connectivity index (χ4v) is 4.34. The van der Waals surface area contributed by atoms with Crippen molar-refractivity contribution in [3.8, 4) is 27.4 Å². The van der Waals surface area contributed by atoms with E-state index in [2.05, 4.69) is 16.8 Å². The zero-order valence-electron chi connectivity index (χ0n) is 16.5. The van der Waals surface area contributed by atoms with Crippen molar-refractivity contribution in [2.24, 2.45) is 0 Å². The number of hydrogen-bond acceptors (Lipinski definition) is 5. The van der Waals surface area contributed by atoms with Crippen molar-refractivity contribution in [2.45, 2.75) is 26.2 Å². The third-order valence-corrected chi connectivity index (χ3v) is 6.06. The van der Waals surface area contributed by atoms with Gasteiger partial charge in [-0.2, -0.15) is 0 Å². The fraction of sp³-hybridized carbons (Fsp3) is 0.304. The highest BCUT2D eigenvalue weighted by Crippen LogP contribution is 2.34. The van der Waals surface area contributed by atoms with Gasteiger partial charge in [0.2, 0.25) is 5.91 Å². The Morgan fingerprint density at radius 2 is 2.14 bits per heavy atom. The van der Waals surface area contributed by atoms with Gasteiger partial charge >= 0.3 is 0 Å². The lowest BCUT2D eigenvalue weighted by atomic mass is 10.0. The highest BCUT2D eigenvalue weighted by Gasteiger charge is 2.19. The predicted octanol–water partition coefficient (Wildman–Crippen LogP) is 4.92. The van der Waals surface area contributed by atoms with Crippen LogP contribution in [0.1, 0.15) is 24.8 Å². The third-order valence-electron chi connectivity index (χ3n) is 5.14. The Bertz CT molecular complexity index is 1000. The SMILES string of the molecule is Cc1ccc(O)c(-c2cc(-c3cccs3)cc(NCCCN3CCCC3=O)n2)c1. The van der Waals surface area contributed by atoms with Crippen molar-refractivity contribution in [2.75, 3.05) is 25.0 Å². The van der Waals surface area contributed by atoms with E-state index in [0.29, 0.717) is 6.42 Å². The number of likely N-dealkylation sites (tertiary alicyclic amines) is 1. The van der Waals surface area contributed by atoms with E-state index >= 15 is 0 Å². The topological polar surface area (TPSA) is 65.5 Å². The molecule has 1 aliphatic rings. The number of hydrogen-bond donors (Lipinski definition) is 2. The molecule has 150 valence electrons. The molecule has 6 heteroatoms. The number of carbonyl (C=O) groups is 1. The van der Waals surface area contributed by atoms with Crippen molar-refractivity contribution in [1.29, 1.82) is 0 Å².